The second kappa shape index (κ2) is 17.5. The van der Waals surface area contributed by atoms with Crippen molar-refractivity contribution in [2.24, 2.45) is 0 Å². The maximum atomic E-state index is 13.9. The molecular formula is C37H38N4O17S. The maximum absolute atomic E-state index is 13.9. The van der Waals surface area contributed by atoms with Crippen LogP contribution in [0.4, 0.5) is 0 Å². The Bertz CT molecular complexity index is 2330. The van der Waals surface area contributed by atoms with Crippen LogP contribution in [0.2, 0.25) is 0 Å². The van der Waals surface area contributed by atoms with Crippen molar-refractivity contribution >= 4 is 27.7 Å². The molecule has 0 spiro atoms. The van der Waals surface area contributed by atoms with Crippen molar-refractivity contribution in [2.45, 2.75) is 9.92 Å². The zero-order chi connectivity index (χ0) is 41.7. The molecule has 4 heterocycles. The van der Waals surface area contributed by atoms with Crippen molar-refractivity contribution in [3.63, 3.8) is 0 Å². The number of aromatic nitrogens is 2. The molecule has 3 aromatic carbocycles. The van der Waals surface area contributed by atoms with Crippen LogP contribution in [0.3, 0.4) is 0 Å². The summed E-state index contributed by atoms with van der Waals surface area (Å²) in [7, 11) is -0.263. The number of hydrogen-bond donors (Lipinski definition) is 0. The Morgan fingerprint density at radius 2 is 1.34 bits per heavy atom. The molecule has 7 rings (SSSR count). The van der Waals surface area contributed by atoms with Gasteiger partial charge in [0.05, 0.1) is 49.1 Å². The van der Waals surface area contributed by atoms with Crippen molar-refractivity contribution in [2.75, 3.05) is 94.0 Å². The third kappa shape index (κ3) is 8.27. The van der Waals surface area contributed by atoms with Gasteiger partial charge in [-0.3, -0.25) is 19.2 Å². The minimum Gasteiger partial charge on any atom is -0.493 e. The summed E-state index contributed by atoms with van der Waals surface area (Å²) in [6, 6.07) is 10.1. The van der Waals surface area contributed by atoms with Crippen molar-refractivity contribution in [1.29, 1.82) is 0 Å². The van der Waals surface area contributed by atoms with E-state index in [0.717, 1.165) is 0 Å². The molecule has 59 heavy (non-hydrogen) atoms. The molecule has 4 aromatic rings. The van der Waals surface area contributed by atoms with Gasteiger partial charge < -0.3 is 52.6 Å². The number of piperazine rings is 1. The van der Waals surface area contributed by atoms with Crippen LogP contribution in [0, 0.1) is 5.21 Å². The van der Waals surface area contributed by atoms with Gasteiger partial charge >= 0.3 is 28.8 Å². The molecule has 21 nitrogen and oxygen atoms in total. The molecule has 0 amide bonds. The van der Waals surface area contributed by atoms with E-state index in [4.69, 9.17) is 47.4 Å². The van der Waals surface area contributed by atoms with Crippen LogP contribution in [-0.4, -0.2) is 135 Å². The summed E-state index contributed by atoms with van der Waals surface area (Å²) in [6.45, 7) is 1.56. The van der Waals surface area contributed by atoms with Crippen LogP contribution in [0.15, 0.2) is 57.0 Å². The molecule has 314 valence electrons. The third-order valence-corrected chi connectivity index (χ3v) is 11.2. The smallest absolute Gasteiger partial charge is 0.415 e. The molecule has 1 fully saturated rings. The fourth-order valence-corrected chi connectivity index (χ4v) is 7.88. The van der Waals surface area contributed by atoms with E-state index in [9.17, 15) is 28.0 Å². The molecule has 0 atom stereocenters. The molecule has 1 saturated heterocycles. The Morgan fingerprint density at radius 3 is 1.93 bits per heavy atom. The molecule has 0 saturated carbocycles. The van der Waals surface area contributed by atoms with Crippen LogP contribution >= 0.6 is 0 Å². The number of sulfone groups is 1. The lowest BCUT2D eigenvalue weighted by Crippen LogP contribution is -2.49. The molecule has 3 aliphatic rings. The number of nitrogens with zero attached hydrogens (tertiary/aromatic N) is 4. The minimum absolute atomic E-state index is 0.000539. The van der Waals surface area contributed by atoms with E-state index in [1.165, 1.54) is 57.7 Å². The number of methoxy groups -OCH3 is 3. The molecular weight excluding hydrogens is 804 g/mol. The van der Waals surface area contributed by atoms with E-state index in [-0.39, 0.29) is 107 Å². The lowest BCUT2D eigenvalue weighted by Gasteiger charge is -2.33. The highest BCUT2D eigenvalue weighted by Crippen LogP contribution is 2.56. The van der Waals surface area contributed by atoms with Crippen LogP contribution in [-0.2, 0) is 28.8 Å². The SMILES string of the molecule is COC(=O)c1cc(OC)c2c(c1-c1c(C(=O)OCCN3CCN(CC(=O)OCCOc4no[n+]([O-])c4S(=O)(=O)c4ccccc4)CC3)cc(OC)c3c1OCO3)OCO2. The first-order chi connectivity index (χ1) is 28.5. The fourth-order valence-electron chi connectivity index (χ4n) is 6.59. The normalized spacial score (nSPS) is 14.8. The number of esters is 3. The van der Waals surface area contributed by atoms with E-state index in [0.29, 0.717) is 32.7 Å². The highest BCUT2D eigenvalue weighted by molar-refractivity contribution is 7.91. The van der Waals surface area contributed by atoms with Gasteiger partial charge in [-0.15, -0.1) is 0 Å². The van der Waals surface area contributed by atoms with Gasteiger partial charge in [0.1, 0.15) is 19.8 Å². The quantitative estimate of drug-likeness (QED) is 0.0672. The number of ether oxygens (including phenoxy) is 10. The monoisotopic (exact) mass is 842 g/mol. The Morgan fingerprint density at radius 1 is 0.763 bits per heavy atom. The van der Waals surface area contributed by atoms with Crippen LogP contribution < -0.4 is 38.1 Å². The van der Waals surface area contributed by atoms with E-state index in [1.807, 2.05) is 4.90 Å². The highest BCUT2D eigenvalue weighted by atomic mass is 32.2. The van der Waals surface area contributed by atoms with E-state index >= 15 is 0 Å². The Kier molecular flexibility index (Phi) is 12.1. The number of fused-ring (bicyclic) bond motifs is 2. The van der Waals surface area contributed by atoms with Gasteiger partial charge in [-0.2, -0.15) is 0 Å². The predicted molar refractivity (Wildman–Crippen MR) is 196 cm³/mol. The molecule has 0 bridgehead atoms. The van der Waals surface area contributed by atoms with E-state index < -0.39 is 38.7 Å². The maximum Gasteiger partial charge on any atom is 0.415 e. The van der Waals surface area contributed by atoms with Gasteiger partial charge in [0, 0.05) is 43.9 Å². The highest BCUT2D eigenvalue weighted by Gasteiger charge is 2.39. The number of benzene rings is 3. The van der Waals surface area contributed by atoms with Crippen molar-refractivity contribution in [3.05, 3.63) is 58.8 Å². The van der Waals surface area contributed by atoms with Crippen molar-refractivity contribution in [1.82, 2.24) is 15.0 Å². The van der Waals surface area contributed by atoms with Gasteiger partial charge in [0.25, 0.3) is 9.84 Å². The predicted octanol–water partition coefficient (Wildman–Crippen LogP) is 1.47. The summed E-state index contributed by atoms with van der Waals surface area (Å²) >= 11 is 0. The second-order valence-electron chi connectivity index (χ2n) is 12.8. The molecule has 0 unspecified atom stereocenters. The molecule has 0 N–H and O–H groups in total. The summed E-state index contributed by atoms with van der Waals surface area (Å²) in [5.74, 6) is -1.48. The Hall–Kier alpha value is -6.52. The van der Waals surface area contributed by atoms with E-state index in [2.05, 4.69) is 14.7 Å². The topological polar surface area (TPSA) is 237 Å². The van der Waals surface area contributed by atoms with Crippen LogP contribution in [0.25, 0.3) is 11.1 Å². The lowest BCUT2D eigenvalue weighted by molar-refractivity contribution is -0.832. The average Bonchev–Trinajstić information content (AvgIpc) is 4.03. The van der Waals surface area contributed by atoms with Crippen molar-refractivity contribution in [3.8, 4) is 51.5 Å². The summed E-state index contributed by atoms with van der Waals surface area (Å²) in [5, 5.41) is 14.6. The van der Waals surface area contributed by atoms with Gasteiger partial charge in [0.2, 0.25) is 25.1 Å². The average molecular weight is 843 g/mol. The second-order valence-corrected chi connectivity index (χ2v) is 14.7. The standard InChI is InChI=1S/C37H38N4O17S/c1-48-25-17-23(36(43)50-3)28(32-30(25)54-20-56-32)29-24(18-26(49-2)31-33(29)57-21-55-31)37(44)53-14-13-39-9-11-40(12-10-39)19-27(42)51-15-16-52-34-35(41(45)58-38-34)59(46,47)22-7-5-4-6-8-22/h4-8,17-18H,9-16,19-21H2,1-3H3. The summed E-state index contributed by atoms with van der Waals surface area (Å²) < 4.78 is 85.6. The first-order valence-electron chi connectivity index (χ1n) is 18.0. The number of carbonyl (C=O) groups excluding carboxylic acids is 3. The fraction of sp³-hybridized carbons (Fsp3) is 0.378. The number of hydrogen-bond acceptors (Lipinski definition) is 20. The molecule has 0 aliphatic carbocycles. The molecule has 22 heteroatoms. The zero-order valence-electron chi connectivity index (χ0n) is 32.0. The van der Waals surface area contributed by atoms with Gasteiger partial charge in [-0.25, -0.2) is 18.0 Å². The van der Waals surface area contributed by atoms with E-state index in [1.54, 1.807) is 6.07 Å². The molecule has 0 radical (unpaired) electrons. The summed E-state index contributed by atoms with van der Waals surface area (Å²) in [6.07, 6.45) is 0. The minimum atomic E-state index is -4.30. The first kappa shape index (κ1) is 40.7. The summed E-state index contributed by atoms with van der Waals surface area (Å²) in [4.78, 5) is 43.1. The number of rotatable bonds is 16. The van der Waals surface area contributed by atoms with Crippen molar-refractivity contribution < 1.29 is 79.7 Å². The number of carbonyl (C=O) groups is 3. The first-order valence-corrected chi connectivity index (χ1v) is 19.4. The molecule has 1 aromatic heterocycles. The Balaban J connectivity index is 0.928. The van der Waals surface area contributed by atoms with Crippen LogP contribution in [0.5, 0.6) is 40.4 Å². The zero-order valence-corrected chi connectivity index (χ0v) is 32.8. The Labute approximate surface area is 336 Å². The molecule has 3 aliphatic heterocycles. The third-order valence-electron chi connectivity index (χ3n) is 9.43. The lowest BCUT2D eigenvalue weighted by atomic mass is 9.92. The van der Waals surface area contributed by atoms with Crippen LogP contribution in [0.1, 0.15) is 20.7 Å². The summed E-state index contributed by atoms with van der Waals surface area (Å²) in [5.41, 5.74) is 0.310. The van der Waals surface area contributed by atoms with Gasteiger partial charge in [0.15, 0.2) is 23.0 Å². The largest absolute Gasteiger partial charge is 0.493 e. The van der Waals surface area contributed by atoms with Gasteiger partial charge in [-0.1, -0.05) is 18.2 Å². The van der Waals surface area contributed by atoms with Gasteiger partial charge in [-0.05, 0) is 29.2 Å².